The largest absolute Gasteiger partial charge is 3.00 e. The first kappa shape index (κ1) is 32.9. The molecule has 6 nitrogen and oxygen atoms in total. The third kappa shape index (κ3) is 12.8. The summed E-state index contributed by atoms with van der Waals surface area (Å²) in [6.07, 6.45) is 2.26. The van der Waals surface area contributed by atoms with Crippen molar-refractivity contribution in [3.05, 3.63) is 156 Å². The molecule has 0 spiro atoms. The molecule has 4 aromatic carbocycles. The fourth-order valence-corrected chi connectivity index (χ4v) is 2.98. The van der Waals surface area contributed by atoms with Gasteiger partial charge in [0, 0.05) is 17.1 Å². The maximum atomic E-state index is 11.8. The molecule has 0 unspecified atom stereocenters. The second-order valence-electron chi connectivity index (χ2n) is 7.70. The zero-order valence-electron chi connectivity index (χ0n) is 21.2. The van der Waals surface area contributed by atoms with Crippen LogP contribution in [0.15, 0.2) is 133 Å². The number of ketones is 2. The molecule has 192 valence electrons. The van der Waals surface area contributed by atoms with E-state index >= 15 is 0 Å². The van der Waals surface area contributed by atoms with Gasteiger partial charge in [-0.05, 0) is 30.2 Å². The molecule has 0 aliphatic carbocycles. The molecule has 0 aromatic heterocycles. The van der Waals surface area contributed by atoms with Crippen molar-refractivity contribution in [2.45, 2.75) is 6.92 Å². The second kappa shape index (κ2) is 18.2. The Labute approximate surface area is 252 Å². The first-order valence-electron chi connectivity index (χ1n) is 11.5. The number of carbonyl (C=O) groups excluding carboxylic acids is 3. The average Bonchev–Trinajstić information content (AvgIpc) is 2.95. The number of carboxylic acid groups (broad SMARTS) is 1. The van der Waals surface area contributed by atoms with E-state index in [1.807, 2.05) is 24.3 Å². The summed E-state index contributed by atoms with van der Waals surface area (Å²) in [6.45, 7) is 0.972. The van der Waals surface area contributed by atoms with Gasteiger partial charge in [-0.1, -0.05) is 133 Å². The molecule has 4 rings (SSSR count). The Kier molecular flexibility index (Phi) is 15.3. The fraction of sp³-hybridized carbons (Fsp3) is 0.0312. The van der Waals surface area contributed by atoms with Crippen LogP contribution in [0.1, 0.15) is 38.8 Å². The van der Waals surface area contributed by atoms with Crippen LogP contribution in [0.25, 0.3) is 11.5 Å². The molecule has 0 amide bonds. The van der Waals surface area contributed by atoms with Gasteiger partial charge in [0.15, 0.2) is 11.6 Å². The van der Waals surface area contributed by atoms with Gasteiger partial charge in [0.25, 0.3) is 0 Å². The number of rotatable bonds is 6. The van der Waals surface area contributed by atoms with E-state index in [0.717, 1.165) is 19.1 Å². The molecule has 7 heteroatoms. The van der Waals surface area contributed by atoms with E-state index in [9.17, 15) is 19.8 Å². The van der Waals surface area contributed by atoms with Crippen molar-refractivity contribution >= 4 is 29.1 Å². The second-order valence-corrected chi connectivity index (χ2v) is 7.70. The fourth-order valence-electron chi connectivity index (χ4n) is 2.98. The monoisotopic (exact) mass is 594 g/mol. The zero-order chi connectivity index (χ0) is 27.8. The molecule has 0 heterocycles. The predicted octanol–water partition coefficient (Wildman–Crippen LogP) is 3.30. The van der Waals surface area contributed by atoms with Crippen molar-refractivity contribution in [2.75, 3.05) is 0 Å². The quantitative estimate of drug-likeness (QED) is 0.192. The Balaban J connectivity index is 0.000000336. The van der Waals surface area contributed by atoms with Gasteiger partial charge >= 0.3 is 32.7 Å². The summed E-state index contributed by atoms with van der Waals surface area (Å²) in [6, 6.07) is 35.0. The van der Waals surface area contributed by atoms with Crippen LogP contribution in [0.2, 0.25) is 0 Å². The normalized spacial score (nSPS) is 10.4. The third-order valence-electron chi connectivity index (χ3n) is 4.76. The summed E-state index contributed by atoms with van der Waals surface area (Å²) in [7, 11) is 0. The van der Waals surface area contributed by atoms with Crippen LogP contribution in [0.4, 0.5) is 0 Å². The molecule has 0 fully saturated rings. The van der Waals surface area contributed by atoms with Crippen molar-refractivity contribution in [1.82, 2.24) is 0 Å². The summed E-state index contributed by atoms with van der Waals surface area (Å²) < 4.78 is 0. The van der Waals surface area contributed by atoms with Crippen molar-refractivity contribution in [3.8, 4) is 0 Å². The maximum Gasteiger partial charge on any atom is 3.00 e. The number of allylic oxidation sites excluding steroid dienone is 2. The SMILES string of the molecule is CC(=O)[O-].O=C(/C=C(\[O-])c1ccccc1)c1ccccc1.O=C(/C=C(\[O-])c1ccccc1)c1ccccc1.[Y+3]. The van der Waals surface area contributed by atoms with E-state index in [1.165, 1.54) is 0 Å². The van der Waals surface area contributed by atoms with Crippen LogP contribution in [0.3, 0.4) is 0 Å². The van der Waals surface area contributed by atoms with Gasteiger partial charge in [-0.25, -0.2) is 0 Å². The van der Waals surface area contributed by atoms with Gasteiger partial charge in [-0.15, -0.1) is 0 Å². The molecular formula is C32H25O6Y. The molecule has 0 saturated carbocycles. The van der Waals surface area contributed by atoms with Crippen molar-refractivity contribution < 1.29 is 62.4 Å². The van der Waals surface area contributed by atoms with Crippen molar-refractivity contribution in [2.24, 2.45) is 0 Å². The van der Waals surface area contributed by atoms with Gasteiger partial charge < -0.3 is 20.1 Å². The minimum atomic E-state index is -1.08. The minimum Gasteiger partial charge on any atom is -0.872 e. The first-order valence-corrected chi connectivity index (χ1v) is 11.5. The molecular weight excluding hydrogens is 569 g/mol. The van der Waals surface area contributed by atoms with Gasteiger partial charge in [0.2, 0.25) is 0 Å². The first-order chi connectivity index (χ1) is 18.3. The zero-order valence-corrected chi connectivity index (χ0v) is 24.1. The standard InChI is InChI=1S/2C15H12O2.C2H4O2.Y/c2*16-14(12-7-3-1-4-8-12)11-15(17)13-9-5-2-6-10-13;1-2(3)4;/h2*1-11,16H;1H3,(H,3,4);/q;;;+3/p-3/b2*14-11-;;. The molecule has 0 aliphatic heterocycles. The Morgan fingerprint density at radius 1 is 0.462 bits per heavy atom. The van der Waals surface area contributed by atoms with E-state index in [-0.39, 0.29) is 55.8 Å². The topological polar surface area (TPSA) is 120 Å². The van der Waals surface area contributed by atoms with Crippen molar-refractivity contribution in [3.63, 3.8) is 0 Å². The van der Waals surface area contributed by atoms with Crippen LogP contribution >= 0.6 is 0 Å². The Morgan fingerprint density at radius 3 is 0.897 bits per heavy atom. The molecule has 4 aromatic rings. The summed E-state index contributed by atoms with van der Waals surface area (Å²) in [4.78, 5) is 32.4. The smallest absolute Gasteiger partial charge is 0.872 e. The van der Waals surface area contributed by atoms with E-state index in [1.54, 1.807) is 97.1 Å². The Morgan fingerprint density at radius 2 is 0.667 bits per heavy atom. The summed E-state index contributed by atoms with van der Waals surface area (Å²) >= 11 is 0. The van der Waals surface area contributed by atoms with Crippen LogP contribution in [-0.4, -0.2) is 17.5 Å². The summed E-state index contributed by atoms with van der Waals surface area (Å²) in [5.41, 5.74) is 2.10. The molecule has 0 aliphatic rings. The predicted molar refractivity (Wildman–Crippen MR) is 141 cm³/mol. The average molecular weight is 594 g/mol. The van der Waals surface area contributed by atoms with Crippen LogP contribution in [-0.2, 0) is 37.5 Å². The molecule has 0 atom stereocenters. The van der Waals surface area contributed by atoms with Crippen molar-refractivity contribution in [1.29, 1.82) is 0 Å². The van der Waals surface area contributed by atoms with Crippen LogP contribution < -0.4 is 15.3 Å². The number of aliphatic carboxylic acids is 1. The van der Waals surface area contributed by atoms with Crippen LogP contribution in [0, 0.1) is 0 Å². The third-order valence-corrected chi connectivity index (χ3v) is 4.76. The Hall–Kier alpha value is -4.13. The Bertz CT molecular complexity index is 1260. The number of benzene rings is 4. The molecule has 0 bridgehead atoms. The maximum absolute atomic E-state index is 11.8. The van der Waals surface area contributed by atoms with E-state index in [0.29, 0.717) is 22.3 Å². The van der Waals surface area contributed by atoms with Crippen LogP contribution in [0.5, 0.6) is 0 Å². The number of hydrogen-bond acceptors (Lipinski definition) is 6. The van der Waals surface area contributed by atoms with E-state index in [4.69, 9.17) is 9.90 Å². The summed E-state index contributed by atoms with van der Waals surface area (Å²) in [5, 5.41) is 32.4. The van der Waals surface area contributed by atoms with Gasteiger partial charge in [0.05, 0.1) is 0 Å². The van der Waals surface area contributed by atoms with E-state index in [2.05, 4.69) is 0 Å². The van der Waals surface area contributed by atoms with E-state index < -0.39 is 5.97 Å². The van der Waals surface area contributed by atoms with Gasteiger partial charge in [-0.3, -0.25) is 9.59 Å². The minimum absolute atomic E-state index is 0. The molecule has 0 radical (unpaired) electrons. The molecule has 0 N–H and O–H groups in total. The van der Waals surface area contributed by atoms with Gasteiger partial charge in [-0.2, -0.15) is 0 Å². The number of hydrogen-bond donors (Lipinski definition) is 0. The summed E-state index contributed by atoms with van der Waals surface area (Å²) in [5.74, 6) is -2.14. The number of carboxylic acids is 1. The molecule has 39 heavy (non-hydrogen) atoms. The van der Waals surface area contributed by atoms with Gasteiger partial charge in [0.1, 0.15) is 0 Å². The number of carbonyl (C=O) groups is 3. The molecule has 0 saturated heterocycles.